The van der Waals surface area contributed by atoms with Crippen molar-refractivity contribution < 1.29 is 14.6 Å². The molecule has 0 bridgehead atoms. The molecule has 1 fully saturated rings. The second-order valence-electron chi connectivity index (χ2n) is 6.49. The molecule has 4 nitrogen and oxygen atoms in total. The van der Waals surface area contributed by atoms with Crippen LogP contribution in [0.4, 0.5) is 0 Å². The van der Waals surface area contributed by atoms with Crippen LogP contribution >= 0.6 is 0 Å². The summed E-state index contributed by atoms with van der Waals surface area (Å²) < 4.78 is 5.60. The minimum absolute atomic E-state index is 0.125. The van der Waals surface area contributed by atoms with Crippen molar-refractivity contribution in [2.24, 2.45) is 5.92 Å². The number of carbonyl (C=O) groups is 1. The van der Waals surface area contributed by atoms with Gasteiger partial charge in [-0.1, -0.05) is 37.3 Å². The number of carbonyl (C=O) groups excluding carboxylic acids is 1. The molecule has 0 aromatic heterocycles. The first-order valence-corrected chi connectivity index (χ1v) is 8.11. The average Bonchev–Trinajstić information content (AvgIpc) is 2.50. The van der Waals surface area contributed by atoms with E-state index in [-0.39, 0.29) is 11.8 Å². The number of likely N-dealkylation sites (tertiary alicyclic amines) is 1. The van der Waals surface area contributed by atoms with E-state index in [2.05, 4.69) is 0 Å². The van der Waals surface area contributed by atoms with Crippen molar-refractivity contribution in [2.75, 3.05) is 19.7 Å². The van der Waals surface area contributed by atoms with Gasteiger partial charge in [0.15, 0.2) is 0 Å². The van der Waals surface area contributed by atoms with Gasteiger partial charge >= 0.3 is 0 Å². The molecule has 0 radical (unpaired) electrons. The van der Waals surface area contributed by atoms with Crippen molar-refractivity contribution >= 4 is 5.91 Å². The van der Waals surface area contributed by atoms with Crippen LogP contribution in [0.5, 0.6) is 0 Å². The molecule has 1 aliphatic rings. The summed E-state index contributed by atoms with van der Waals surface area (Å²) in [5, 5.41) is 10.1. The van der Waals surface area contributed by atoms with E-state index in [1.165, 1.54) is 0 Å². The van der Waals surface area contributed by atoms with E-state index in [4.69, 9.17) is 4.74 Å². The average molecular weight is 305 g/mol. The molecule has 2 atom stereocenters. The fourth-order valence-corrected chi connectivity index (χ4v) is 2.70. The lowest BCUT2D eigenvalue weighted by molar-refractivity contribution is -0.138. The summed E-state index contributed by atoms with van der Waals surface area (Å²) in [6.07, 6.45) is 1.92. The van der Waals surface area contributed by atoms with Gasteiger partial charge in [-0.15, -0.1) is 0 Å². The van der Waals surface area contributed by atoms with E-state index in [1.54, 1.807) is 0 Å². The highest BCUT2D eigenvalue weighted by molar-refractivity contribution is 5.76. The molecule has 0 spiro atoms. The van der Waals surface area contributed by atoms with Gasteiger partial charge in [-0.2, -0.15) is 0 Å². The zero-order valence-electron chi connectivity index (χ0n) is 13.6. The van der Waals surface area contributed by atoms with E-state index >= 15 is 0 Å². The number of aliphatic hydroxyl groups is 1. The van der Waals surface area contributed by atoms with E-state index in [0.29, 0.717) is 39.1 Å². The lowest BCUT2D eigenvalue weighted by atomic mass is 9.84. The number of piperidine rings is 1. The number of hydrogen-bond acceptors (Lipinski definition) is 3. The summed E-state index contributed by atoms with van der Waals surface area (Å²) >= 11 is 0. The van der Waals surface area contributed by atoms with Crippen LogP contribution in [-0.4, -0.2) is 41.2 Å². The lowest BCUT2D eigenvalue weighted by Gasteiger charge is -2.41. The van der Waals surface area contributed by atoms with Gasteiger partial charge in [-0.3, -0.25) is 4.79 Å². The summed E-state index contributed by atoms with van der Waals surface area (Å²) in [4.78, 5) is 14.1. The molecule has 1 saturated heterocycles. The molecular weight excluding hydrogens is 278 g/mol. The second-order valence-corrected chi connectivity index (χ2v) is 6.49. The maximum atomic E-state index is 12.2. The third-order valence-electron chi connectivity index (χ3n) is 4.59. The fourth-order valence-electron chi connectivity index (χ4n) is 2.70. The maximum absolute atomic E-state index is 12.2. The Morgan fingerprint density at radius 3 is 2.82 bits per heavy atom. The van der Waals surface area contributed by atoms with Crippen molar-refractivity contribution in [3.05, 3.63) is 35.9 Å². The molecule has 122 valence electrons. The Morgan fingerprint density at radius 2 is 2.14 bits per heavy atom. The molecule has 4 heteroatoms. The highest BCUT2D eigenvalue weighted by Gasteiger charge is 2.35. The topological polar surface area (TPSA) is 49.8 Å². The van der Waals surface area contributed by atoms with E-state index in [1.807, 2.05) is 49.1 Å². The van der Waals surface area contributed by atoms with Crippen molar-refractivity contribution in [1.82, 2.24) is 4.90 Å². The number of amides is 1. The van der Waals surface area contributed by atoms with Crippen LogP contribution in [0.1, 0.15) is 38.7 Å². The van der Waals surface area contributed by atoms with Crippen molar-refractivity contribution in [1.29, 1.82) is 0 Å². The van der Waals surface area contributed by atoms with Crippen LogP contribution in [-0.2, 0) is 16.1 Å². The molecule has 1 aromatic carbocycles. The first-order chi connectivity index (χ1) is 10.5. The first kappa shape index (κ1) is 17.0. The monoisotopic (exact) mass is 305 g/mol. The molecule has 0 saturated carbocycles. The molecule has 0 unspecified atom stereocenters. The first-order valence-electron chi connectivity index (χ1n) is 8.11. The molecular formula is C18H27NO3. The molecule has 1 amide bonds. The van der Waals surface area contributed by atoms with Gasteiger partial charge in [0.1, 0.15) is 0 Å². The highest BCUT2D eigenvalue weighted by atomic mass is 16.5. The van der Waals surface area contributed by atoms with Gasteiger partial charge in [0.05, 0.1) is 12.2 Å². The van der Waals surface area contributed by atoms with Crippen molar-refractivity contribution in [3.63, 3.8) is 0 Å². The Morgan fingerprint density at radius 1 is 1.41 bits per heavy atom. The molecule has 0 aliphatic carbocycles. The number of hydrogen-bond donors (Lipinski definition) is 1. The van der Waals surface area contributed by atoms with Crippen LogP contribution in [0.2, 0.25) is 0 Å². The molecule has 1 aliphatic heterocycles. The van der Waals surface area contributed by atoms with Gasteiger partial charge in [0.25, 0.3) is 0 Å². The molecule has 1 heterocycles. The summed E-state index contributed by atoms with van der Waals surface area (Å²) in [5.41, 5.74) is 0.510. The van der Waals surface area contributed by atoms with Crippen molar-refractivity contribution in [3.8, 4) is 0 Å². The molecule has 2 rings (SSSR count). The predicted octanol–water partition coefficient (Wildman–Crippen LogP) is 2.60. The Labute approximate surface area is 133 Å². The third-order valence-corrected chi connectivity index (χ3v) is 4.59. The number of benzene rings is 1. The van der Waals surface area contributed by atoms with E-state index in [0.717, 1.165) is 12.0 Å². The van der Waals surface area contributed by atoms with Gasteiger partial charge in [0.2, 0.25) is 5.91 Å². The second kappa shape index (κ2) is 7.75. The molecule has 1 aromatic rings. The lowest BCUT2D eigenvalue weighted by Crippen LogP contribution is -2.50. The van der Waals surface area contributed by atoms with Gasteiger partial charge < -0.3 is 14.7 Å². The van der Waals surface area contributed by atoms with Crippen molar-refractivity contribution in [2.45, 2.75) is 45.3 Å². The van der Waals surface area contributed by atoms with Gasteiger partial charge in [-0.25, -0.2) is 0 Å². The van der Waals surface area contributed by atoms with E-state index < -0.39 is 5.60 Å². The summed E-state index contributed by atoms with van der Waals surface area (Å²) in [5.74, 6) is 0.296. The van der Waals surface area contributed by atoms with Gasteiger partial charge in [-0.05, 0) is 25.3 Å². The van der Waals surface area contributed by atoms with Crippen LogP contribution in [0.25, 0.3) is 0 Å². The smallest absolute Gasteiger partial charge is 0.222 e. The van der Waals surface area contributed by atoms with Crippen LogP contribution in [0.15, 0.2) is 30.3 Å². The zero-order valence-corrected chi connectivity index (χ0v) is 13.6. The molecule has 22 heavy (non-hydrogen) atoms. The van der Waals surface area contributed by atoms with Crippen LogP contribution in [0.3, 0.4) is 0 Å². The quantitative estimate of drug-likeness (QED) is 0.822. The normalized spacial score (nSPS) is 25.2. The number of rotatable bonds is 6. The number of nitrogens with zero attached hydrogens (tertiary/aromatic N) is 1. The predicted molar refractivity (Wildman–Crippen MR) is 86.3 cm³/mol. The number of ether oxygens (including phenoxy) is 1. The Hall–Kier alpha value is -1.39. The minimum atomic E-state index is -0.643. The molecule has 1 N–H and O–H groups in total. The SMILES string of the molecule is C[C@H]1CN(C(=O)CCCOCc2ccccc2)CC[C@@]1(C)O. The van der Waals surface area contributed by atoms with E-state index in [9.17, 15) is 9.90 Å². The van der Waals surface area contributed by atoms with Crippen LogP contribution in [0, 0.1) is 5.92 Å². The summed E-state index contributed by atoms with van der Waals surface area (Å²) in [7, 11) is 0. The Kier molecular flexibility index (Phi) is 5.98. The Bertz CT molecular complexity index is 472. The highest BCUT2D eigenvalue weighted by Crippen LogP contribution is 2.27. The fraction of sp³-hybridized carbons (Fsp3) is 0.611. The van der Waals surface area contributed by atoms with Gasteiger partial charge in [0, 0.05) is 32.0 Å². The summed E-state index contributed by atoms with van der Waals surface area (Å²) in [6.45, 7) is 6.36. The maximum Gasteiger partial charge on any atom is 0.222 e. The largest absolute Gasteiger partial charge is 0.390 e. The Balaban J connectivity index is 1.62. The zero-order chi connectivity index (χ0) is 16.0. The third kappa shape index (κ3) is 4.82. The van der Waals surface area contributed by atoms with Crippen LogP contribution < -0.4 is 0 Å². The minimum Gasteiger partial charge on any atom is -0.390 e. The summed E-state index contributed by atoms with van der Waals surface area (Å²) in [6, 6.07) is 10.0. The standard InChI is InChI=1S/C18H27NO3/c1-15-13-19(11-10-18(15,2)21)17(20)9-6-12-22-14-16-7-4-3-5-8-16/h3-5,7-8,15,21H,6,9-14H2,1-2H3/t15-,18+/m0/s1.